The van der Waals surface area contributed by atoms with E-state index in [9.17, 15) is 9.18 Å². The molecule has 2 nitrogen and oxygen atoms in total. The Balaban J connectivity index is 1.68. The number of fused-ring (bicyclic) bond motifs is 1. The number of nitrogens with one attached hydrogen (secondary N) is 1. The molecule has 3 heteroatoms. The molecule has 0 aliphatic heterocycles. The monoisotopic (exact) mass is 295 g/mol. The highest BCUT2D eigenvalue weighted by Crippen LogP contribution is 2.29. The summed E-state index contributed by atoms with van der Waals surface area (Å²) in [5, 5.41) is 3.04. The Hall–Kier alpha value is -2.42. The van der Waals surface area contributed by atoms with Crippen LogP contribution >= 0.6 is 0 Å². The van der Waals surface area contributed by atoms with Gasteiger partial charge in [-0.15, -0.1) is 0 Å². The summed E-state index contributed by atoms with van der Waals surface area (Å²) in [6.45, 7) is 0. The fourth-order valence-electron chi connectivity index (χ4n) is 2.91. The third-order valence-electron chi connectivity index (χ3n) is 3.96. The number of carbonyl (C=O) groups excluding carboxylic acids is 1. The van der Waals surface area contributed by atoms with Gasteiger partial charge in [-0.1, -0.05) is 36.4 Å². The summed E-state index contributed by atoms with van der Waals surface area (Å²) in [6.07, 6.45) is 6.20. The molecule has 2 aromatic carbocycles. The average molecular weight is 295 g/mol. The van der Waals surface area contributed by atoms with E-state index in [0.29, 0.717) is 5.56 Å². The van der Waals surface area contributed by atoms with Crippen molar-refractivity contribution in [3.63, 3.8) is 0 Å². The van der Waals surface area contributed by atoms with Crippen LogP contribution < -0.4 is 5.32 Å². The maximum absolute atomic E-state index is 13.1. The van der Waals surface area contributed by atoms with Crippen molar-refractivity contribution >= 4 is 12.0 Å². The van der Waals surface area contributed by atoms with Crippen LogP contribution in [-0.2, 0) is 11.2 Å². The smallest absolute Gasteiger partial charge is 0.244 e. The van der Waals surface area contributed by atoms with Crippen LogP contribution in [0.2, 0.25) is 0 Å². The maximum Gasteiger partial charge on any atom is 0.244 e. The van der Waals surface area contributed by atoms with Gasteiger partial charge in [-0.25, -0.2) is 4.39 Å². The van der Waals surface area contributed by atoms with E-state index in [4.69, 9.17) is 0 Å². The van der Waals surface area contributed by atoms with Crippen LogP contribution in [0.1, 0.15) is 35.6 Å². The third kappa shape index (κ3) is 3.42. The molecule has 1 amide bonds. The van der Waals surface area contributed by atoms with Crippen LogP contribution in [0.5, 0.6) is 0 Å². The van der Waals surface area contributed by atoms with Crippen LogP contribution in [0.25, 0.3) is 6.08 Å². The van der Waals surface area contributed by atoms with Crippen molar-refractivity contribution in [2.45, 2.75) is 25.3 Å². The van der Waals surface area contributed by atoms with E-state index in [1.807, 2.05) is 12.1 Å². The largest absolute Gasteiger partial charge is 0.346 e. The molecule has 1 aliphatic carbocycles. The Morgan fingerprint density at radius 3 is 2.91 bits per heavy atom. The number of aryl methyl sites for hydroxylation is 1. The topological polar surface area (TPSA) is 29.1 Å². The fourth-order valence-corrected chi connectivity index (χ4v) is 2.91. The summed E-state index contributed by atoms with van der Waals surface area (Å²) >= 11 is 0. The molecule has 0 heterocycles. The Morgan fingerprint density at radius 2 is 2.05 bits per heavy atom. The number of hydrogen-bond acceptors (Lipinski definition) is 1. The van der Waals surface area contributed by atoms with Gasteiger partial charge in [-0.2, -0.15) is 0 Å². The van der Waals surface area contributed by atoms with E-state index in [1.54, 1.807) is 18.2 Å². The van der Waals surface area contributed by atoms with Crippen molar-refractivity contribution in [2.75, 3.05) is 0 Å². The number of benzene rings is 2. The highest BCUT2D eigenvalue weighted by molar-refractivity contribution is 5.92. The van der Waals surface area contributed by atoms with Crippen LogP contribution in [0.15, 0.2) is 54.6 Å². The van der Waals surface area contributed by atoms with Gasteiger partial charge < -0.3 is 5.32 Å². The molecule has 1 N–H and O–H groups in total. The van der Waals surface area contributed by atoms with E-state index in [-0.39, 0.29) is 17.8 Å². The predicted octanol–water partition coefficient (Wildman–Crippen LogP) is 4.03. The lowest BCUT2D eigenvalue weighted by Gasteiger charge is -2.25. The van der Waals surface area contributed by atoms with Crippen LogP contribution in [0.3, 0.4) is 0 Å². The molecular formula is C19H18FNO. The van der Waals surface area contributed by atoms with Crippen molar-refractivity contribution in [3.05, 3.63) is 77.1 Å². The molecule has 0 saturated heterocycles. The van der Waals surface area contributed by atoms with Gasteiger partial charge in [0.05, 0.1) is 6.04 Å². The van der Waals surface area contributed by atoms with E-state index in [1.165, 1.54) is 29.3 Å². The molecule has 22 heavy (non-hydrogen) atoms. The number of hydrogen-bond donors (Lipinski definition) is 1. The second kappa shape index (κ2) is 6.56. The summed E-state index contributed by atoms with van der Waals surface area (Å²) in [7, 11) is 0. The fraction of sp³-hybridized carbons (Fsp3) is 0.211. The van der Waals surface area contributed by atoms with Gasteiger partial charge in [0, 0.05) is 6.08 Å². The van der Waals surface area contributed by atoms with Crippen LogP contribution in [-0.4, -0.2) is 5.91 Å². The van der Waals surface area contributed by atoms with Gasteiger partial charge in [-0.05, 0) is 54.2 Å². The molecule has 0 aromatic heterocycles. The summed E-state index contributed by atoms with van der Waals surface area (Å²) in [4.78, 5) is 12.1. The van der Waals surface area contributed by atoms with E-state index < -0.39 is 0 Å². The van der Waals surface area contributed by atoms with Gasteiger partial charge in [0.15, 0.2) is 0 Å². The zero-order chi connectivity index (χ0) is 15.4. The third-order valence-corrected chi connectivity index (χ3v) is 3.96. The van der Waals surface area contributed by atoms with Crippen molar-refractivity contribution < 1.29 is 9.18 Å². The molecule has 0 bridgehead atoms. The molecule has 2 aromatic rings. The molecule has 112 valence electrons. The van der Waals surface area contributed by atoms with Gasteiger partial charge in [-0.3, -0.25) is 4.79 Å². The average Bonchev–Trinajstić information content (AvgIpc) is 2.53. The summed E-state index contributed by atoms with van der Waals surface area (Å²) in [5.74, 6) is -0.449. The standard InChI is InChI=1S/C19H18FNO/c20-16-8-3-5-14(13-16)11-12-19(22)21-18-10-4-7-15-6-1-2-9-17(15)18/h1-3,5-6,8-9,11-13,18H,4,7,10H2,(H,21,22)/b12-11+/t18-/m1/s1. The number of halogens is 1. The normalized spacial score (nSPS) is 17.2. The second-order valence-electron chi connectivity index (χ2n) is 5.54. The Bertz CT molecular complexity index is 708. The SMILES string of the molecule is O=C(/C=C/c1cccc(F)c1)N[C@@H]1CCCc2ccccc21. The quantitative estimate of drug-likeness (QED) is 0.851. The first-order valence-corrected chi connectivity index (χ1v) is 7.54. The minimum absolute atomic E-state index is 0.0645. The highest BCUT2D eigenvalue weighted by Gasteiger charge is 2.20. The molecule has 0 fully saturated rings. The summed E-state index contributed by atoms with van der Waals surface area (Å²) in [6, 6.07) is 14.5. The maximum atomic E-state index is 13.1. The molecule has 0 saturated carbocycles. The molecule has 0 spiro atoms. The van der Waals surface area contributed by atoms with Gasteiger partial charge in [0.25, 0.3) is 0 Å². The molecule has 0 unspecified atom stereocenters. The molecule has 1 aliphatic rings. The first-order valence-electron chi connectivity index (χ1n) is 7.54. The lowest BCUT2D eigenvalue weighted by atomic mass is 9.88. The Morgan fingerprint density at radius 1 is 1.18 bits per heavy atom. The van der Waals surface area contributed by atoms with Crippen LogP contribution in [0, 0.1) is 5.82 Å². The van der Waals surface area contributed by atoms with Crippen molar-refractivity contribution in [2.24, 2.45) is 0 Å². The second-order valence-corrected chi connectivity index (χ2v) is 5.54. The molecule has 3 rings (SSSR count). The lowest BCUT2D eigenvalue weighted by Crippen LogP contribution is -2.29. The highest BCUT2D eigenvalue weighted by atomic mass is 19.1. The first kappa shape index (κ1) is 14.5. The first-order chi connectivity index (χ1) is 10.7. The predicted molar refractivity (Wildman–Crippen MR) is 85.7 cm³/mol. The van der Waals surface area contributed by atoms with Crippen molar-refractivity contribution in [1.82, 2.24) is 5.32 Å². The zero-order valence-corrected chi connectivity index (χ0v) is 12.3. The number of amides is 1. The van der Waals surface area contributed by atoms with Gasteiger partial charge in [0.1, 0.15) is 5.82 Å². The van der Waals surface area contributed by atoms with Gasteiger partial charge in [0.2, 0.25) is 5.91 Å². The minimum atomic E-state index is -0.302. The molecular weight excluding hydrogens is 277 g/mol. The Labute approximate surface area is 129 Å². The number of rotatable bonds is 3. The number of carbonyl (C=O) groups is 1. The van der Waals surface area contributed by atoms with Crippen molar-refractivity contribution in [1.29, 1.82) is 0 Å². The summed E-state index contributed by atoms with van der Waals surface area (Å²) < 4.78 is 13.1. The van der Waals surface area contributed by atoms with Gasteiger partial charge >= 0.3 is 0 Å². The molecule has 1 atom stereocenters. The lowest BCUT2D eigenvalue weighted by molar-refractivity contribution is -0.117. The van der Waals surface area contributed by atoms with Crippen LogP contribution in [0.4, 0.5) is 4.39 Å². The van der Waals surface area contributed by atoms with E-state index >= 15 is 0 Å². The molecule has 0 radical (unpaired) electrons. The van der Waals surface area contributed by atoms with E-state index in [0.717, 1.165) is 19.3 Å². The summed E-state index contributed by atoms with van der Waals surface area (Å²) in [5.41, 5.74) is 3.20. The zero-order valence-electron chi connectivity index (χ0n) is 12.3. The van der Waals surface area contributed by atoms with E-state index in [2.05, 4.69) is 17.4 Å². The van der Waals surface area contributed by atoms with Crippen molar-refractivity contribution in [3.8, 4) is 0 Å². The minimum Gasteiger partial charge on any atom is -0.346 e. The Kier molecular flexibility index (Phi) is 4.33.